The molecule has 1 atom stereocenters. The van der Waals surface area contributed by atoms with Crippen LogP contribution in [0.2, 0.25) is 0 Å². The summed E-state index contributed by atoms with van der Waals surface area (Å²) in [7, 11) is -3.13. The van der Waals surface area contributed by atoms with Crippen LogP contribution in [0.5, 0.6) is 0 Å². The van der Waals surface area contributed by atoms with Gasteiger partial charge in [0.1, 0.15) is 5.60 Å². The topological polar surface area (TPSA) is 84.0 Å². The molecule has 0 aromatic heterocycles. The maximum absolute atomic E-state index is 12.5. The molecular weight excluding hydrogens is 356 g/mol. The number of carbonyl (C=O) groups is 2. The van der Waals surface area contributed by atoms with E-state index in [-0.39, 0.29) is 30.1 Å². The number of hydrogen-bond donors (Lipinski definition) is 0. The van der Waals surface area contributed by atoms with Gasteiger partial charge in [0.15, 0.2) is 9.84 Å². The Morgan fingerprint density at radius 1 is 1.35 bits per heavy atom. The number of likely N-dealkylation sites (tertiary alicyclic amines) is 1. The maximum Gasteiger partial charge on any atom is 0.410 e. The second-order valence-corrected chi connectivity index (χ2v) is 10.1. The van der Waals surface area contributed by atoms with Gasteiger partial charge in [-0.1, -0.05) is 19.9 Å². The van der Waals surface area contributed by atoms with E-state index < -0.39 is 15.4 Å². The van der Waals surface area contributed by atoms with Crippen molar-refractivity contribution in [3.63, 3.8) is 0 Å². The summed E-state index contributed by atoms with van der Waals surface area (Å²) in [4.78, 5) is 28.1. The van der Waals surface area contributed by atoms with Crippen LogP contribution >= 0.6 is 0 Å². The predicted molar refractivity (Wildman–Crippen MR) is 97.1 cm³/mol. The average Bonchev–Trinajstić information content (AvgIpc) is 3.05. The molecule has 3 rings (SSSR count). The van der Waals surface area contributed by atoms with Crippen LogP contribution in [-0.4, -0.2) is 67.8 Å². The van der Waals surface area contributed by atoms with Gasteiger partial charge in [0.25, 0.3) is 0 Å². The van der Waals surface area contributed by atoms with Crippen molar-refractivity contribution in [1.82, 2.24) is 9.80 Å². The number of carbonyl (C=O) groups excluding carboxylic acids is 2. The van der Waals surface area contributed by atoms with E-state index in [9.17, 15) is 18.0 Å². The van der Waals surface area contributed by atoms with Crippen LogP contribution in [-0.2, 0) is 19.4 Å². The summed E-state index contributed by atoms with van der Waals surface area (Å²) < 4.78 is 28.6. The lowest BCUT2D eigenvalue weighted by Crippen LogP contribution is -2.49. The number of hydrogen-bond acceptors (Lipinski definition) is 5. The lowest BCUT2D eigenvalue weighted by atomic mass is 9.90. The molecule has 0 aromatic carbocycles. The minimum Gasteiger partial charge on any atom is -0.441 e. The van der Waals surface area contributed by atoms with Gasteiger partial charge in [0, 0.05) is 50.2 Å². The third kappa shape index (κ3) is 4.39. The quantitative estimate of drug-likeness (QED) is 0.722. The van der Waals surface area contributed by atoms with Gasteiger partial charge in [-0.2, -0.15) is 0 Å². The Bertz CT molecular complexity index is 692. The molecule has 0 aliphatic carbocycles. The zero-order valence-electron chi connectivity index (χ0n) is 15.5. The molecule has 0 N–H and O–H groups in total. The molecule has 3 heterocycles. The molecule has 2 saturated heterocycles. The second kappa shape index (κ2) is 7.21. The molecule has 0 saturated carbocycles. The lowest BCUT2D eigenvalue weighted by Gasteiger charge is -2.37. The molecule has 1 spiro atoms. The molecular formula is C18H28N2O5S. The van der Waals surface area contributed by atoms with E-state index in [2.05, 4.69) is 13.8 Å². The number of amides is 2. The van der Waals surface area contributed by atoms with Crippen molar-refractivity contribution in [1.29, 1.82) is 0 Å². The van der Waals surface area contributed by atoms with Crippen molar-refractivity contribution in [2.45, 2.75) is 45.1 Å². The van der Waals surface area contributed by atoms with Crippen LogP contribution in [0.15, 0.2) is 11.5 Å². The molecule has 146 valence electrons. The highest BCUT2D eigenvalue weighted by atomic mass is 32.2. The molecule has 8 heteroatoms. The third-order valence-electron chi connectivity index (χ3n) is 5.49. The number of rotatable bonds is 5. The van der Waals surface area contributed by atoms with Gasteiger partial charge in [-0.25, -0.2) is 13.2 Å². The van der Waals surface area contributed by atoms with Gasteiger partial charge in [-0.05, 0) is 12.3 Å². The van der Waals surface area contributed by atoms with E-state index in [0.29, 0.717) is 44.9 Å². The van der Waals surface area contributed by atoms with E-state index in [1.54, 1.807) is 15.9 Å². The first kappa shape index (κ1) is 19.2. The Hall–Kier alpha value is -1.57. The zero-order chi connectivity index (χ0) is 18.9. The molecule has 0 bridgehead atoms. The van der Waals surface area contributed by atoms with Crippen molar-refractivity contribution >= 4 is 21.8 Å². The standard InChI is InChI=1S/C18H28N2O5S/c1-14(2)3-7-20-13-18(25-17(20)22)5-8-19(9-6-18)16(21)11-15-4-10-26(23,24)12-15/h4,10,14-15H,3,5-9,11-13H2,1-2H3/t15-/m1/s1. The second-order valence-electron chi connectivity index (χ2n) is 8.16. The number of nitrogens with zero attached hydrogens (tertiary/aromatic N) is 2. The Kier molecular flexibility index (Phi) is 5.33. The first-order valence-corrected chi connectivity index (χ1v) is 11.1. The summed E-state index contributed by atoms with van der Waals surface area (Å²) in [5, 5.41) is 1.21. The first-order chi connectivity index (χ1) is 12.2. The van der Waals surface area contributed by atoms with Gasteiger partial charge >= 0.3 is 6.09 Å². The monoisotopic (exact) mass is 384 g/mol. The van der Waals surface area contributed by atoms with Crippen molar-refractivity contribution in [2.75, 3.05) is 31.9 Å². The third-order valence-corrected chi connectivity index (χ3v) is 6.95. The number of sulfone groups is 1. The summed E-state index contributed by atoms with van der Waals surface area (Å²) in [6.45, 7) is 6.67. The number of piperidine rings is 1. The van der Waals surface area contributed by atoms with Crippen LogP contribution in [0.3, 0.4) is 0 Å². The Morgan fingerprint density at radius 2 is 2.04 bits per heavy atom. The van der Waals surface area contributed by atoms with Gasteiger partial charge in [-0.3, -0.25) is 4.79 Å². The van der Waals surface area contributed by atoms with Gasteiger partial charge in [0.2, 0.25) is 5.91 Å². The van der Waals surface area contributed by atoms with E-state index in [0.717, 1.165) is 6.42 Å². The highest BCUT2D eigenvalue weighted by Crippen LogP contribution is 2.34. The Balaban J connectivity index is 1.49. The van der Waals surface area contributed by atoms with Crippen molar-refractivity contribution < 1.29 is 22.7 Å². The fourth-order valence-corrected chi connectivity index (χ4v) is 5.22. The molecule has 3 aliphatic rings. The Labute approximate surface area is 155 Å². The van der Waals surface area contributed by atoms with Crippen molar-refractivity contribution in [3.8, 4) is 0 Å². The van der Waals surface area contributed by atoms with Gasteiger partial charge in [0.05, 0.1) is 12.3 Å². The molecule has 0 radical (unpaired) electrons. The summed E-state index contributed by atoms with van der Waals surface area (Å²) in [6.07, 6.45) is 3.83. The molecule has 0 aromatic rings. The van der Waals surface area contributed by atoms with Crippen LogP contribution < -0.4 is 0 Å². The van der Waals surface area contributed by atoms with Crippen molar-refractivity contribution in [3.05, 3.63) is 11.5 Å². The molecule has 0 unspecified atom stereocenters. The lowest BCUT2D eigenvalue weighted by molar-refractivity contribution is -0.135. The first-order valence-electron chi connectivity index (χ1n) is 9.35. The minimum atomic E-state index is -3.13. The fourth-order valence-electron chi connectivity index (χ4n) is 3.82. The summed E-state index contributed by atoms with van der Waals surface area (Å²) >= 11 is 0. The normalized spacial score (nSPS) is 26.7. The summed E-state index contributed by atoms with van der Waals surface area (Å²) in [5.74, 6) is 0.318. The van der Waals surface area contributed by atoms with E-state index >= 15 is 0 Å². The van der Waals surface area contributed by atoms with Crippen LogP contribution in [0, 0.1) is 11.8 Å². The highest BCUT2D eigenvalue weighted by molar-refractivity contribution is 7.94. The molecule has 7 nitrogen and oxygen atoms in total. The number of ether oxygens (including phenoxy) is 1. The van der Waals surface area contributed by atoms with Crippen LogP contribution in [0.25, 0.3) is 0 Å². The summed E-state index contributed by atoms with van der Waals surface area (Å²) in [5.41, 5.74) is -0.471. The van der Waals surface area contributed by atoms with Gasteiger partial charge < -0.3 is 14.5 Å². The predicted octanol–water partition coefficient (Wildman–Crippen LogP) is 1.79. The molecule has 26 heavy (non-hydrogen) atoms. The highest BCUT2D eigenvalue weighted by Gasteiger charge is 2.47. The SMILES string of the molecule is CC(C)CCN1CC2(CCN(C(=O)C[C@H]3C=CS(=O)(=O)C3)CC2)OC1=O. The minimum absolute atomic E-state index is 0.0208. The van der Waals surface area contributed by atoms with E-state index in [4.69, 9.17) is 4.74 Å². The van der Waals surface area contributed by atoms with E-state index in [1.165, 1.54) is 5.41 Å². The number of allylic oxidation sites excluding steroid dienone is 1. The van der Waals surface area contributed by atoms with Gasteiger partial charge in [-0.15, -0.1) is 0 Å². The summed E-state index contributed by atoms with van der Waals surface area (Å²) in [6, 6.07) is 0. The molecule has 3 aliphatic heterocycles. The fraction of sp³-hybridized carbons (Fsp3) is 0.778. The van der Waals surface area contributed by atoms with Crippen molar-refractivity contribution in [2.24, 2.45) is 11.8 Å². The molecule has 2 fully saturated rings. The zero-order valence-corrected chi connectivity index (χ0v) is 16.3. The largest absolute Gasteiger partial charge is 0.441 e. The average molecular weight is 384 g/mol. The maximum atomic E-state index is 12.5. The van der Waals surface area contributed by atoms with Crippen LogP contribution in [0.4, 0.5) is 4.79 Å². The smallest absolute Gasteiger partial charge is 0.410 e. The molecule has 2 amide bonds. The van der Waals surface area contributed by atoms with E-state index in [1.807, 2.05) is 0 Å². The van der Waals surface area contributed by atoms with Crippen LogP contribution in [0.1, 0.15) is 39.5 Å². The Morgan fingerprint density at radius 3 is 2.62 bits per heavy atom.